The van der Waals surface area contributed by atoms with Crippen LogP contribution in [-0.2, 0) is 0 Å². The van der Waals surface area contributed by atoms with Crippen LogP contribution in [0.3, 0.4) is 0 Å². The van der Waals surface area contributed by atoms with Crippen molar-refractivity contribution >= 4 is 21.6 Å². The topological polar surface area (TPSA) is 57.8 Å². The lowest BCUT2D eigenvalue weighted by Crippen LogP contribution is -2.30. The third kappa shape index (κ3) is 3.09. The maximum absolute atomic E-state index is 11.4. The summed E-state index contributed by atoms with van der Waals surface area (Å²) in [6.45, 7) is 4.63. The monoisotopic (exact) mass is 299 g/mol. The normalized spacial score (nSPS) is 20.2. The Hall–Kier alpha value is -0.840. The average Bonchev–Trinajstić information content (AvgIpc) is 2.27. The minimum atomic E-state index is -0.189. The lowest BCUT2D eigenvalue weighted by molar-refractivity contribution is 0.232. The lowest BCUT2D eigenvalue weighted by Gasteiger charge is -2.35. The number of nitrogens with zero attached hydrogens (tertiary/aromatic N) is 1. The summed E-state index contributed by atoms with van der Waals surface area (Å²) < 4.78 is 0.539. The molecule has 0 atom stereocenters. The maximum Gasteiger partial charge on any atom is 0.280 e. The summed E-state index contributed by atoms with van der Waals surface area (Å²) >= 11 is 3.28. The fourth-order valence-corrected chi connectivity index (χ4v) is 2.55. The van der Waals surface area contributed by atoms with E-state index in [1.807, 2.05) is 0 Å². The van der Waals surface area contributed by atoms with E-state index >= 15 is 0 Å². The zero-order valence-corrected chi connectivity index (χ0v) is 11.8. The second-order valence-corrected chi connectivity index (χ2v) is 6.30. The van der Waals surface area contributed by atoms with Crippen molar-refractivity contribution in [1.82, 2.24) is 10.2 Å². The van der Waals surface area contributed by atoms with Crippen molar-refractivity contribution in [3.8, 4) is 0 Å². The van der Waals surface area contributed by atoms with Gasteiger partial charge in [-0.05, 0) is 47.0 Å². The second-order valence-electron chi connectivity index (χ2n) is 5.51. The van der Waals surface area contributed by atoms with Crippen LogP contribution >= 0.6 is 15.9 Å². The molecule has 2 N–H and O–H groups in total. The maximum atomic E-state index is 11.4. The molecule has 0 aromatic carbocycles. The van der Waals surface area contributed by atoms with Crippen LogP contribution in [0.25, 0.3) is 0 Å². The molecule has 0 unspecified atom stereocenters. The number of anilines is 1. The minimum absolute atomic E-state index is 0.189. The summed E-state index contributed by atoms with van der Waals surface area (Å²) in [5, 5.41) is 9.61. The molecule has 0 saturated heterocycles. The fraction of sp³-hybridized carbons (Fsp3) is 0.667. The molecule has 0 radical (unpaired) electrons. The number of aromatic nitrogens is 2. The van der Waals surface area contributed by atoms with Crippen LogP contribution in [-0.4, -0.2) is 16.2 Å². The van der Waals surface area contributed by atoms with Gasteiger partial charge >= 0.3 is 0 Å². The van der Waals surface area contributed by atoms with Crippen LogP contribution < -0.4 is 10.9 Å². The molecular formula is C12H18BrN3O. The molecular weight excluding hydrogens is 282 g/mol. The predicted octanol–water partition coefficient (Wildman–Crippen LogP) is 2.91. The van der Waals surface area contributed by atoms with Crippen molar-refractivity contribution in [1.29, 1.82) is 0 Å². The van der Waals surface area contributed by atoms with Crippen molar-refractivity contribution in [3.05, 3.63) is 21.0 Å². The van der Waals surface area contributed by atoms with Gasteiger partial charge in [-0.15, -0.1) is 0 Å². The van der Waals surface area contributed by atoms with Crippen LogP contribution in [0.15, 0.2) is 15.5 Å². The molecule has 1 aliphatic rings. The van der Waals surface area contributed by atoms with Gasteiger partial charge in [0, 0.05) is 6.04 Å². The first-order valence-corrected chi connectivity index (χ1v) is 6.77. The van der Waals surface area contributed by atoms with Crippen molar-refractivity contribution in [3.63, 3.8) is 0 Å². The largest absolute Gasteiger partial charge is 0.380 e. The minimum Gasteiger partial charge on any atom is -0.380 e. The van der Waals surface area contributed by atoms with E-state index in [1.54, 1.807) is 6.20 Å². The van der Waals surface area contributed by atoms with Crippen molar-refractivity contribution in [2.45, 2.75) is 45.6 Å². The number of hydrogen-bond acceptors (Lipinski definition) is 3. The van der Waals surface area contributed by atoms with Crippen LogP contribution in [0.2, 0.25) is 0 Å². The van der Waals surface area contributed by atoms with Gasteiger partial charge in [0.1, 0.15) is 4.47 Å². The molecule has 5 heteroatoms. The number of nitrogens with one attached hydrogen (secondary N) is 2. The fourth-order valence-electron chi connectivity index (χ4n) is 2.25. The molecule has 1 aliphatic carbocycles. The molecule has 0 amide bonds. The van der Waals surface area contributed by atoms with Crippen LogP contribution in [0.1, 0.15) is 39.5 Å². The predicted molar refractivity (Wildman–Crippen MR) is 72.2 cm³/mol. The highest BCUT2D eigenvalue weighted by Crippen LogP contribution is 2.36. The Labute approximate surface area is 109 Å². The lowest BCUT2D eigenvalue weighted by atomic mass is 9.75. The molecule has 94 valence electrons. The quantitative estimate of drug-likeness (QED) is 0.883. The van der Waals surface area contributed by atoms with E-state index in [1.165, 1.54) is 12.8 Å². The van der Waals surface area contributed by atoms with E-state index in [0.717, 1.165) is 18.5 Å². The first-order chi connectivity index (χ1) is 7.98. The highest BCUT2D eigenvalue weighted by atomic mass is 79.9. The Morgan fingerprint density at radius 2 is 2.12 bits per heavy atom. The molecule has 1 aromatic rings. The van der Waals surface area contributed by atoms with Crippen LogP contribution in [0.4, 0.5) is 5.69 Å². The number of rotatable bonds is 2. The summed E-state index contributed by atoms with van der Waals surface area (Å²) in [5.74, 6) is 0. The Morgan fingerprint density at radius 1 is 1.47 bits per heavy atom. The smallest absolute Gasteiger partial charge is 0.280 e. The SMILES string of the molecule is CC1(C)CCC(Nc2cn[nH]c(=O)c2Br)CC1. The molecule has 2 rings (SSSR count). The molecule has 1 saturated carbocycles. The van der Waals surface area contributed by atoms with E-state index in [2.05, 4.69) is 45.3 Å². The molecule has 17 heavy (non-hydrogen) atoms. The van der Waals surface area contributed by atoms with Crippen LogP contribution in [0, 0.1) is 5.41 Å². The van der Waals surface area contributed by atoms with Gasteiger partial charge in [-0.3, -0.25) is 4.79 Å². The third-order valence-electron chi connectivity index (χ3n) is 3.49. The number of aromatic amines is 1. The Balaban J connectivity index is 2.03. The summed E-state index contributed by atoms with van der Waals surface area (Å²) in [4.78, 5) is 11.4. The number of H-pyrrole nitrogens is 1. The molecule has 0 aliphatic heterocycles. The summed E-state index contributed by atoms with van der Waals surface area (Å²) in [5.41, 5.74) is 1.06. The van der Waals surface area contributed by atoms with Crippen molar-refractivity contribution < 1.29 is 0 Å². The van der Waals surface area contributed by atoms with Gasteiger partial charge in [-0.1, -0.05) is 13.8 Å². The van der Waals surface area contributed by atoms with Gasteiger partial charge in [0.2, 0.25) is 0 Å². The van der Waals surface area contributed by atoms with Gasteiger partial charge in [0.15, 0.2) is 0 Å². The van der Waals surface area contributed by atoms with E-state index in [9.17, 15) is 4.79 Å². The molecule has 0 bridgehead atoms. The molecule has 1 heterocycles. The van der Waals surface area contributed by atoms with Crippen molar-refractivity contribution in [2.75, 3.05) is 5.32 Å². The third-order valence-corrected chi connectivity index (χ3v) is 4.28. The number of hydrogen-bond donors (Lipinski definition) is 2. The van der Waals surface area contributed by atoms with Gasteiger partial charge in [0.05, 0.1) is 11.9 Å². The Bertz CT molecular complexity index is 445. The van der Waals surface area contributed by atoms with Gasteiger partial charge in [0.25, 0.3) is 5.56 Å². The van der Waals surface area contributed by atoms with E-state index in [-0.39, 0.29) is 5.56 Å². The van der Waals surface area contributed by atoms with Gasteiger partial charge in [-0.25, -0.2) is 5.10 Å². The first kappa shape index (κ1) is 12.6. The zero-order valence-electron chi connectivity index (χ0n) is 10.2. The van der Waals surface area contributed by atoms with E-state index in [0.29, 0.717) is 15.9 Å². The summed E-state index contributed by atoms with van der Waals surface area (Å²) in [6.07, 6.45) is 6.39. The Kier molecular flexibility index (Phi) is 3.56. The molecule has 4 nitrogen and oxygen atoms in total. The number of halogens is 1. The average molecular weight is 300 g/mol. The van der Waals surface area contributed by atoms with E-state index < -0.39 is 0 Å². The highest BCUT2D eigenvalue weighted by Gasteiger charge is 2.27. The van der Waals surface area contributed by atoms with Gasteiger partial charge < -0.3 is 5.32 Å². The summed E-state index contributed by atoms with van der Waals surface area (Å²) in [6, 6.07) is 0.447. The van der Waals surface area contributed by atoms with E-state index in [4.69, 9.17) is 0 Å². The first-order valence-electron chi connectivity index (χ1n) is 5.98. The van der Waals surface area contributed by atoms with Crippen molar-refractivity contribution in [2.24, 2.45) is 5.41 Å². The molecule has 1 fully saturated rings. The standard InChI is InChI=1S/C12H18BrN3O/c1-12(2)5-3-8(4-6-12)15-9-7-14-16-11(17)10(9)13/h7-8H,3-6H2,1-2H3,(H2,15,16,17). The second kappa shape index (κ2) is 4.80. The van der Waals surface area contributed by atoms with Crippen LogP contribution in [0.5, 0.6) is 0 Å². The van der Waals surface area contributed by atoms with Gasteiger partial charge in [-0.2, -0.15) is 5.10 Å². The summed E-state index contributed by atoms with van der Waals surface area (Å²) in [7, 11) is 0. The molecule has 1 aromatic heterocycles. The highest BCUT2D eigenvalue weighted by molar-refractivity contribution is 9.10. The zero-order chi connectivity index (χ0) is 12.5. The molecule has 0 spiro atoms. The Morgan fingerprint density at radius 3 is 2.76 bits per heavy atom.